The molecule has 1 saturated carbocycles. The normalized spacial score (nSPS) is 29.3. The van der Waals surface area contributed by atoms with Gasteiger partial charge in [0.05, 0.1) is 0 Å². The molecule has 0 aliphatic heterocycles. The van der Waals surface area contributed by atoms with E-state index in [9.17, 15) is 4.79 Å². The lowest BCUT2D eigenvalue weighted by Crippen LogP contribution is -2.39. The summed E-state index contributed by atoms with van der Waals surface area (Å²) in [6.07, 6.45) is 1.69. The summed E-state index contributed by atoms with van der Waals surface area (Å²) in [5.74, 6) is 0.822. The van der Waals surface area contributed by atoms with Crippen LogP contribution in [0.25, 0.3) is 0 Å². The Bertz CT molecular complexity index is 617. The van der Waals surface area contributed by atoms with E-state index >= 15 is 0 Å². The number of hydrogen-bond donors (Lipinski definition) is 0. The van der Waals surface area contributed by atoms with Crippen LogP contribution in [0, 0.1) is 5.92 Å². The minimum atomic E-state index is -0.0502. The minimum Gasteiger partial charge on any atom is -0.299 e. The first-order valence-corrected chi connectivity index (χ1v) is 7.73. The van der Waals surface area contributed by atoms with Crippen molar-refractivity contribution in [2.75, 3.05) is 0 Å². The van der Waals surface area contributed by atoms with Gasteiger partial charge in [-0.05, 0) is 28.9 Å². The highest BCUT2D eigenvalue weighted by molar-refractivity contribution is 5.84. The van der Waals surface area contributed by atoms with Gasteiger partial charge < -0.3 is 0 Å². The Labute approximate surface area is 127 Å². The molecule has 1 fully saturated rings. The predicted octanol–water partition coefficient (Wildman–Crippen LogP) is 4.73. The predicted molar refractivity (Wildman–Crippen MR) is 86.4 cm³/mol. The maximum Gasteiger partial charge on any atom is 0.137 e. The average Bonchev–Trinajstić information content (AvgIpc) is 2.53. The van der Waals surface area contributed by atoms with Crippen molar-refractivity contribution >= 4 is 5.78 Å². The lowest BCUT2D eigenvalue weighted by molar-refractivity contribution is -0.126. The molecule has 0 bridgehead atoms. The van der Waals surface area contributed by atoms with E-state index in [1.165, 1.54) is 11.1 Å². The third kappa shape index (κ3) is 2.65. The molecule has 0 N–H and O–H groups in total. The summed E-state index contributed by atoms with van der Waals surface area (Å²) in [6, 6.07) is 21.0. The molecule has 0 radical (unpaired) electrons. The van der Waals surface area contributed by atoms with E-state index in [1.807, 2.05) is 12.1 Å². The van der Waals surface area contributed by atoms with Gasteiger partial charge in [0, 0.05) is 12.3 Å². The molecule has 0 aromatic heterocycles. The molecule has 2 aromatic rings. The van der Waals surface area contributed by atoms with Gasteiger partial charge in [-0.2, -0.15) is 0 Å². The molecular formula is C20H22O. The molecule has 1 nitrogen and oxygen atoms in total. The minimum absolute atomic E-state index is 0.0502. The topological polar surface area (TPSA) is 17.1 Å². The molecule has 1 aliphatic rings. The van der Waals surface area contributed by atoms with Crippen molar-refractivity contribution in [1.29, 1.82) is 0 Å². The first-order valence-electron chi connectivity index (χ1n) is 7.73. The van der Waals surface area contributed by atoms with Crippen molar-refractivity contribution < 1.29 is 4.79 Å². The highest BCUT2D eigenvalue weighted by Crippen LogP contribution is 2.46. The molecule has 3 rings (SSSR count). The maximum absolute atomic E-state index is 12.6. The SMILES string of the molecule is CC1C(=O)CC(C)(c2ccccc2)CC1c1ccccc1. The van der Waals surface area contributed by atoms with E-state index < -0.39 is 0 Å². The van der Waals surface area contributed by atoms with E-state index in [-0.39, 0.29) is 11.3 Å². The van der Waals surface area contributed by atoms with Crippen LogP contribution in [-0.4, -0.2) is 5.78 Å². The zero-order chi connectivity index (χ0) is 14.9. The Morgan fingerprint density at radius 2 is 1.52 bits per heavy atom. The van der Waals surface area contributed by atoms with E-state index in [2.05, 4.69) is 62.4 Å². The fourth-order valence-electron chi connectivity index (χ4n) is 3.67. The molecule has 108 valence electrons. The quantitative estimate of drug-likeness (QED) is 0.776. The van der Waals surface area contributed by atoms with Crippen molar-refractivity contribution in [2.24, 2.45) is 5.92 Å². The number of ketones is 1. The maximum atomic E-state index is 12.6. The number of rotatable bonds is 2. The van der Waals surface area contributed by atoms with Crippen LogP contribution in [0.2, 0.25) is 0 Å². The monoisotopic (exact) mass is 278 g/mol. The zero-order valence-corrected chi connectivity index (χ0v) is 12.8. The van der Waals surface area contributed by atoms with Crippen LogP contribution < -0.4 is 0 Å². The van der Waals surface area contributed by atoms with Crippen molar-refractivity contribution in [1.82, 2.24) is 0 Å². The molecule has 3 unspecified atom stereocenters. The Hall–Kier alpha value is -1.89. The van der Waals surface area contributed by atoms with Gasteiger partial charge >= 0.3 is 0 Å². The van der Waals surface area contributed by atoms with Gasteiger partial charge in [0.1, 0.15) is 5.78 Å². The van der Waals surface area contributed by atoms with Crippen LogP contribution in [0.1, 0.15) is 43.7 Å². The van der Waals surface area contributed by atoms with Crippen molar-refractivity contribution in [3.8, 4) is 0 Å². The summed E-state index contributed by atoms with van der Waals surface area (Å²) in [5, 5.41) is 0. The second-order valence-electron chi connectivity index (χ2n) is 6.58. The summed E-state index contributed by atoms with van der Waals surface area (Å²) in [6.45, 7) is 4.33. The van der Waals surface area contributed by atoms with Gasteiger partial charge in [0.25, 0.3) is 0 Å². The van der Waals surface area contributed by atoms with Crippen molar-refractivity contribution in [3.05, 3.63) is 71.8 Å². The summed E-state index contributed by atoms with van der Waals surface area (Å²) in [4.78, 5) is 12.6. The highest BCUT2D eigenvalue weighted by Gasteiger charge is 2.42. The summed E-state index contributed by atoms with van der Waals surface area (Å²) in [5.41, 5.74) is 2.53. The number of benzene rings is 2. The third-order valence-electron chi connectivity index (χ3n) is 5.04. The second kappa shape index (κ2) is 5.48. The lowest BCUT2D eigenvalue weighted by Gasteiger charge is -2.41. The smallest absolute Gasteiger partial charge is 0.137 e. The Morgan fingerprint density at radius 3 is 2.14 bits per heavy atom. The van der Waals surface area contributed by atoms with E-state index in [1.54, 1.807) is 0 Å². The first-order chi connectivity index (χ1) is 10.1. The van der Waals surface area contributed by atoms with Crippen LogP contribution in [0.4, 0.5) is 0 Å². The number of Topliss-reactive ketones (excluding diaryl/α,β-unsaturated/α-hetero) is 1. The van der Waals surface area contributed by atoms with Gasteiger partial charge in [-0.3, -0.25) is 4.79 Å². The highest BCUT2D eigenvalue weighted by atomic mass is 16.1. The molecule has 3 atom stereocenters. The third-order valence-corrected chi connectivity index (χ3v) is 5.04. The van der Waals surface area contributed by atoms with E-state index in [0.29, 0.717) is 18.1 Å². The Kier molecular flexibility index (Phi) is 3.67. The molecule has 21 heavy (non-hydrogen) atoms. The van der Waals surface area contributed by atoms with Crippen LogP contribution in [0.3, 0.4) is 0 Å². The fraction of sp³-hybridized carbons (Fsp3) is 0.350. The second-order valence-corrected chi connectivity index (χ2v) is 6.58. The van der Waals surface area contributed by atoms with Crippen molar-refractivity contribution in [2.45, 2.75) is 38.0 Å². The van der Waals surface area contributed by atoms with Gasteiger partial charge in [-0.15, -0.1) is 0 Å². The average molecular weight is 278 g/mol. The standard InChI is InChI=1S/C20H22O/c1-15-18(16-9-5-3-6-10-16)13-20(2,14-19(15)21)17-11-7-4-8-12-17/h3-12,15,18H,13-14H2,1-2H3. The fourth-order valence-corrected chi connectivity index (χ4v) is 3.67. The summed E-state index contributed by atoms with van der Waals surface area (Å²) in [7, 11) is 0. The van der Waals surface area contributed by atoms with Crippen LogP contribution in [0.15, 0.2) is 60.7 Å². The Morgan fingerprint density at radius 1 is 0.952 bits per heavy atom. The van der Waals surface area contributed by atoms with Gasteiger partial charge in [0.2, 0.25) is 0 Å². The van der Waals surface area contributed by atoms with Crippen LogP contribution in [0.5, 0.6) is 0 Å². The van der Waals surface area contributed by atoms with Gasteiger partial charge in [-0.1, -0.05) is 74.5 Å². The number of carbonyl (C=O) groups is 1. The molecule has 0 spiro atoms. The molecule has 0 amide bonds. The van der Waals surface area contributed by atoms with Crippen LogP contribution in [-0.2, 0) is 10.2 Å². The van der Waals surface area contributed by atoms with E-state index in [4.69, 9.17) is 0 Å². The number of carbonyl (C=O) groups excluding carboxylic acids is 1. The Balaban J connectivity index is 1.97. The lowest BCUT2D eigenvalue weighted by atomic mass is 9.61. The molecular weight excluding hydrogens is 256 g/mol. The van der Waals surface area contributed by atoms with E-state index in [0.717, 1.165) is 6.42 Å². The molecule has 1 heteroatoms. The van der Waals surface area contributed by atoms with Gasteiger partial charge in [-0.25, -0.2) is 0 Å². The van der Waals surface area contributed by atoms with Crippen molar-refractivity contribution in [3.63, 3.8) is 0 Å². The molecule has 0 heterocycles. The first kappa shape index (κ1) is 14.1. The molecule has 2 aromatic carbocycles. The largest absolute Gasteiger partial charge is 0.299 e. The molecule has 0 saturated heterocycles. The van der Waals surface area contributed by atoms with Crippen LogP contribution >= 0.6 is 0 Å². The van der Waals surface area contributed by atoms with Gasteiger partial charge in [0.15, 0.2) is 0 Å². The molecule has 1 aliphatic carbocycles. The summed E-state index contributed by atoms with van der Waals surface area (Å²) >= 11 is 0. The summed E-state index contributed by atoms with van der Waals surface area (Å²) < 4.78 is 0. The zero-order valence-electron chi connectivity index (χ0n) is 12.8. The number of hydrogen-bond acceptors (Lipinski definition) is 1.